The van der Waals surface area contributed by atoms with Crippen LogP contribution >= 0.6 is 0 Å². The molecule has 0 unspecified atom stereocenters. The summed E-state index contributed by atoms with van der Waals surface area (Å²) >= 11 is 0. The Morgan fingerprint density at radius 3 is 2.24 bits per heavy atom. The van der Waals surface area contributed by atoms with Gasteiger partial charge in [0, 0.05) is 18.5 Å². The molecule has 0 saturated heterocycles. The average molecular weight is 574 g/mol. The molecule has 8 nitrogen and oxygen atoms in total. The molecule has 9 heteroatoms. The van der Waals surface area contributed by atoms with Crippen molar-refractivity contribution in [2.45, 2.75) is 83.6 Å². The minimum Gasteiger partial charge on any atom is -0.279 e. The van der Waals surface area contributed by atoms with Gasteiger partial charge in [0.1, 0.15) is 11.6 Å². The van der Waals surface area contributed by atoms with Gasteiger partial charge in [-0.3, -0.25) is 9.29 Å². The van der Waals surface area contributed by atoms with Crippen molar-refractivity contribution in [1.82, 2.24) is 19.3 Å². The molecule has 4 aromatic rings. The first-order chi connectivity index (χ1) is 19.5. The molecule has 0 aliphatic heterocycles. The van der Waals surface area contributed by atoms with E-state index in [1.165, 1.54) is 11.1 Å². The zero-order valence-corrected chi connectivity index (χ0v) is 25.1. The SMILES string of the molecule is CCn1c(CCCc2ccc(-c3cccc(NS(=O)(=O)C4CC4)n3)cc2)nn(Cc2ccc(C(C)(C)C)cc2)c1=O. The summed E-state index contributed by atoms with van der Waals surface area (Å²) in [6, 6.07) is 22.0. The molecule has 0 radical (unpaired) electrons. The number of nitrogens with zero attached hydrogens (tertiary/aromatic N) is 4. The van der Waals surface area contributed by atoms with Gasteiger partial charge in [-0.15, -0.1) is 0 Å². The highest BCUT2D eigenvalue weighted by atomic mass is 32.2. The van der Waals surface area contributed by atoms with E-state index in [1.807, 2.05) is 31.2 Å². The Labute approximate surface area is 242 Å². The van der Waals surface area contributed by atoms with Crippen molar-refractivity contribution in [2.75, 3.05) is 4.72 Å². The van der Waals surface area contributed by atoms with Crippen LogP contribution in [-0.2, 0) is 41.4 Å². The van der Waals surface area contributed by atoms with Crippen molar-refractivity contribution in [3.8, 4) is 11.3 Å². The third-order valence-corrected chi connectivity index (χ3v) is 9.39. The van der Waals surface area contributed by atoms with Crippen molar-refractivity contribution < 1.29 is 8.42 Å². The number of rotatable bonds is 11. The normalized spacial score (nSPS) is 13.9. The number of hydrogen-bond acceptors (Lipinski definition) is 5. The van der Waals surface area contributed by atoms with Crippen LogP contribution in [0.15, 0.2) is 71.5 Å². The Kier molecular flexibility index (Phi) is 8.18. The second-order valence-electron chi connectivity index (χ2n) is 11.9. The van der Waals surface area contributed by atoms with Crippen LogP contribution in [0.4, 0.5) is 5.82 Å². The molecule has 5 rings (SSSR count). The third-order valence-electron chi connectivity index (χ3n) is 7.54. The van der Waals surface area contributed by atoms with Crippen LogP contribution in [0.1, 0.15) is 69.5 Å². The summed E-state index contributed by atoms with van der Waals surface area (Å²) in [5, 5.41) is 4.40. The molecule has 41 heavy (non-hydrogen) atoms. The largest absolute Gasteiger partial charge is 0.346 e. The maximum Gasteiger partial charge on any atom is 0.346 e. The Bertz CT molecular complexity index is 1660. The van der Waals surface area contributed by atoms with Crippen molar-refractivity contribution >= 4 is 15.8 Å². The van der Waals surface area contributed by atoms with E-state index in [0.29, 0.717) is 38.2 Å². The highest BCUT2D eigenvalue weighted by Gasteiger charge is 2.36. The fourth-order valence-corrected chi connectivity index (χ4v) is 6.26. The topological polar surface area (TPSA) is 98.9 Å². The minimum absolute atomic E-state index is 0.0686. The van der Waals surface area contributed by atoms with Crippen molar-refractivity contribution in [3.05, 3.63) is 99.7 Å². The fourth-order valence-electron chi connectivity index (χ4n) is 4.93. The van der Waals surface area contributed by atoms with E-state index in [-0.39, 0.29) is 16.4 Å². The Morgan fingerprint density at radius 1 is 0.927 bits per heavy atom. The van der Waals surface area contributed by atoms with Gasteiger partial charge in [0.05, 0.1) is 17.5 Å². The van der Waals surface area contributed by atoms with Crippen LogP contribution in [0.25, 0.3) is 11.3 Å². The molecule has 2 heterocycles. The summed E-state index contributed by atoms with van der Waals surface area (Å²) in [6.45, 7) is 9.60. The van der Waals surface area contributed by atoms with Gasteiger partial charge in [0.15, 0.2) is 0 Å². The van der Waals surface area contributed by atoms with Gasteiger partial charge in [-0.1, -0.05) is 75.4 Å². The van der Waals surface area contributed by atoms with Gasteiger partial charge in [0.2, 0.25) is 10.0 Å². The van der Waals surface area contributed by atoms with Gasteiger partial charge >= 0.3 is 5.69 Å². The number of hydrogen-bond donors (Lipinski definition) is 1. The zero-order chi connectivity index (χ0) is 29.2. The van der Waals surface area contributed by atoms with Crippen molar-refractivity contribution in [2.24, 2.45) is 0 Å². The quantitative estimate of drug-likeness (QED) is 0.254. The molecular weight excluding hydrogens is 534 g/mol. The number of pyridine rings is 1. The van der Waals surface area contributed by atoms with Crippen molar-refractivity contribution in [3.63, 3.8) is 0 Å². The maximum absolute atomic E-state index is 13.0. The second kappa shape index (κ2) is 11.6. The molecule has 1 aliphatic carbocycles. The molecular formula is C32H39N5O3S. The molecule has 2 aromatic heterocycles. The van der Waals surface area contributed by atoms with Crippen LogP contribution in [0.3, 0.4) is 0 Å². The standard InChI is InChI=1S/C32H39N5O3S/c1-5-36-30(34-37(31(36)38)22-24-14-18-26(19-15-24)32(2,3)4)11-6-8-23-12-16-25(17-13-23)28-9-7-10-29(33-28)35-41(39,40)27-20-21-27/h7,9-10,12-19,27H,5-6,8,11,20-22H2,1-4H3,(H,33,35). The average Bonchev–Trinajstić information content (AvgIpc) is 3.76. The molecule has 2 aromatic carbocycles. The second-order valence-corrected chi connectivity index (χ2v) is 13.8. The lowest BCUT2D eigenvalue weighted by Crippen LogP contribution is -2.25. The molecule has 1 aliphatic rings. The third kappa shape index (κ3) is 6.96. The van der Waals surface area contributed by atoms with Gasteiger partial charge < -0.3 is 0 Å². The summed E-state index contributed by atoms with van der Waals surface area (Å²) in [5.74, 6) is 1.16. The molecule has 1 fully saturated rings. The first-order valence-electron chi connectivity index (χ1n) is 14.4. The Hall–Kier alpha value is -3.72. The van der Waals surface area contributed by atoms with E-state index >= 15 is 0 Å². The van der Waals surface area contributed by atoms with Gasteiger partial charge in [-0.2, -0.15) is 5.10 Å². The summed E-state index contributed by atoms with van der Waals surface area (Å²) in [4.78, 5) is 17.5. The molecule has 1 saturated carbocycles. The number of aryl methyl sites for hydroxylation is 2. The number of sulfonamides is 1. The predicted molar refractivity (Wildman–Crippen MR) is 164 cm³/mol. The predicted octanol–water partition coefficient (Wildman–Crippen LogP) is 5.55. The number of nitrogens with one attached hydrogen (secondary N) is 1. The Morgan fingerprint density at radius 2 is 1.61 bits per heavy atom. The summed E-state index contributed by atoms with van der Waals surface area (Å²) in [6.07, 6.45) is 3.86. The lowest BCUT2D eigenvalue weighted by atomic mass is 9.87. The van der Waals surface area contributed by atoms with E-state index in [9.17, 15) is 13.2 Å². The molecule has 0 amide bonds. The lowest BCUT2D eigenvalue weighted by Gasteiger charge is -2.19. The molecule has 0 spiro atoms. The molecule has 0 bridgehead atoms. The van der Waals surface area contributed by atoms with Crippen LogP contribution in [0.5, 0.6) is 0 Å². The van der Waals surface area contributed by atoms with Gasteiger partial charge in [-0.25, -0.2) is 22.9 Å². The molecule has 216 valence electrons. The zero-order valence-electron chi connectivity index (χ0n) is 24.3. The lowest BCUT2D eigenvalue weighted by molar-refractivity contribution is 0.588. The van der Waals surface area contributed by atoms with Crippen LogP contribution in [-0.4, -0.2) is 33.0 Å². The van der Waals surface area contributed by atoms with E-state index in [4.69, 9.17) is 5.10 Å². The minimum atomic E-state index is -3.35. The molecule has 1 N–H and O–H groups in total. The van der Waals surface area contributed by atoms with E-state index in [1.54, 1.807) is 15.3 Å². The summed E-state index contributed by atoms with van der Waals surface area (Å²) in [5.41, 5.74) is 5.18. The summed E-state index contributed by atoms with van der Waals surface area (Å²) in [7, 11) is -3.35. The summed E-state index contributed by atoms with van der Waals surface area (Å²) < 4.78 is 30.5. The maximum atomic E-state index is 13.0. The fraction of sp³-hybridized carbons (Fsp3) is 0.406. The first-order valence-corrected chi connectivity index (χ1v) is 15.9. The van der Waals surface area contributed by atoms with E-state index in [2.05, 4.69) is 66.9 Å². The van der Waals surface area contributed by atoms with Crippen LogP contribution < -0.4 is 10.4 Å². The monoisotopic (exact) mass is 573 g/mol. The number of benzene rings is 2. The van der Waals surface area contributed by atoms with E-state index in [0.717, 1.165) is 35.5 Å². The smallest absolute Gasteiger partial charge is 0.279 e. The van der Waals surface area contributed by atoms with Crippen LogP contribution in [0.2, 0.25) is 0 Å². The highest BCUT2D eigenvalue weighted by molar-refractivity contribution is 7.93. The van der Waals surface area contributed by atoms with Gasteiger partial charge in [-0.05, 0) is 66.8 Å². The van der Waals surface area contributed by atoms with Crippen molar-refractivity contribution in [1.29, 1.82) is 0 Å². The van der Waals surface area contributed by atoms with Gasteiger partial charge in [0.25, 0.3) is 0 Å². The Balaban J connectivity index is 1.20. The highest BCUT2D eigenvalue weighted by Crippen LogP contribution is 2.30. The first kappa shape index (κ1) is 28.8. The molecule has 0 atom stereocenters. The van der Waals surface area contributed by atoms with E-state index < -0.39 is 10.0 Å². The number of anilines is 1. The van der Waals surface area contributed by atoms with Crippen LogP contribution in [0, 0.1) is 0 Å². The number of aromatic nitrogens is 4.